The number of rotatable bonds is 1. The third kappa shape index (κ3) is 1.52. The van der Waals surface area contributed by atoms with E-state index < -0.39 is 0 Å². The smallest absolute Gasteiger partial charge is 0.00982 e. The minimum absolute atomic E-state index is 0.867. The minimum Gasteiger partial charge on any atom is -0.297 e. The second-order valence-corrected chi connectivity index (χ2v) is 4.81. The Hall–Kier alpha value is -0.0400. The van der Waals surface area contributed by atoms with Gasteiger partial charge in [0.15, 0.2) is 0 Å². The SMILES string of the molecule is CC1CCC(C)N(C2CCC2)C1. The molecule has 1 saturated heterocycles. The normalized spacial score (nSPS) is 39.5. The summed E-state index contributed by atoms with van der Waals surface area (Å²) in [5.41, 5.74) is 0. The van der Waals surface area contributed by atoms with Crippen molar-refractivity contribution in [2.24, 2.45) is 5.92 Å². The molecule has 0 radical (unpaired) electrons. The summed E-state index contributed by atoms with van der Waals surface area (Å²) >= 11 is 0. The van der Waals surface area contributed by atoms with E-state index in [4.69, 9.17) is 0 Å². The van der Waals surface area contributed by atoms with Crippen molar-refractivity contribution in [3.8, 4) is 0 Å². The molecule has 2 atom stereocenters. The van der Waals surface area contributed by atoms with Gasteiger partial charge in [-0.1, -0.05) is 13.3 Å². The zero-order valence-electron chi connectivity index (χ0n) is 8.42. The Morgan fingerprint density at radius 3 is 2.33 bits per heavy atom. The highest BCUT2D eigenvalue weighted by Crippen LogP contribution is 2.31. The molecule has 0 aromatic heterocycles. The highest BCUT2D eigenvalue weighted by atomic mass is 15.2. The molecule has 0 amide bonds. The molecule has 1 nitrogen and oxygen atoms in total. The van der Waals surface area contributed by atoms with Gasteiger partial charge in [0.25, 0.3) is 0 Å². The molecule has 2 aliphatic rings. The lowest BCUT2D eigenvalue weighted by Gasteiger charge is -2.45. The van der Waals surface area contributed by atoms with Gasteiger partial charge >= 0.3 is 0 Å². The van der Waals surface area contributed by atoms with Crippen LogP contribution in [-0.2, 0) is 0 Å². The summed E-state index contributed by atoms with van der Waals surface area (Å²) in [6.07, 6.45) is 7.29. The molecule has 1 aliphatic heterocycles. The van der Waals surface area contributed by atoms with Gasteiger partial charge in [0.05, 0.1) is 0 Å². The summed E-state index contributed by atoms with van der Waals surface area (Å²) in [5, 5.41) is 0. The average molecular weight is 167 g/mol. The fourth-order valence-corrected chi connectivity index (χ4v) is 2.55. The van der Waals surface area contributed by atoms with Gasteiger partial charge in [0.2, 0.25) is 0 Å². The molecule has 0 N–H and O–H groups in total. The van der Waals surface area contributed by atoms with Crippen molar-refractivity contribution in [1.29, 1.82) is 0 Å². The zero-order valence-corrected chi connectivity index (χ0v) is 8.42. The Morgan fingerprint density at radius 2 is 1.75 bits per heavy atom. The van der Waals surface area contributed by atoms with E-state index in [1.807, 2.05) is 0 Å². The molecule has 1 aliphatic carbocycles. The Balaban J connectivity index is 1.91. The number of likely N-dealkylation sites (tertiary alicyclic amines) is 1. The molecule has 1 saturated carbocycles. The Bertz CT molecular complexity index is 149. The van der Waals surface area contributed by atoms with Crippen LogP contribution in [0.15, 0.2) is 0 Å². The van der Waals surface area contributed by atoms with E-state index >= 15 is 0 Å². The highest BCUT2D eigenvalue weighted by Gasteiger charge is 2.31. The van der Waals surface area contributed by atoms with Gasteiger partial charge in [0, 0.05) is 18.6 Å². The maximum atomic E-state index is 2.76. The first-order valence-corrected chi connectivity index (χ1v) is 5.53. The lowest BCUT2D eigenvalue weighted by atomic mass is 9.86. The van der Waals surface area contributed by atoms with Crippen LogP contribution in [0.4, 0.5) is 0 Å². The first kappa shape index (κ1) is 8.55. The van der Waals surface area contributed by atoms with Crippen molar-refractivity contribution in [3.63, 3.8) is 0 Å². The van der Waals surface area contributed by atoms with E-state index in [1.165, 1.54) is 38.6 Å². The maximum Gasteiger partial charge on any atom is 0.00982 e. The lowest BCUT2D eigenvalue weighted by Crippen LogP contribution is -2.50. The largest absolute Gasteiger partial charge is 0.297 e. The van der Waals surface area contributed by atoms with Crippen molar-refractivity contribution in [1.82, 2.24) is 4.90 Å². The Labute approximate surface area is 76.1 Å². The Morgan fingerprint density at radius 1 is 1.00 bits per heavy atom. The van der Waals surface area contributed by atoms with Crippen molar-refractivity contribution < 1.29 is 0 Å². The predicted molar refractivity (Wildman–Crippen MR) is 52.2 cm³/mol. The van der Waals surface area contributed by atoms with Crippen LogP contribution in [0.1, 0.15) is 46.0 Å². The molecule has 70 valence electrons. The monoisotopic (exact) mass is 167 g/mol. The molecular formula is C11H21N. The van der Waals surface area contributed by atoms with Gasteiger partial charge < -0.3 is 0 Å². The van der Waals surface area contributed by atoms with Gasteiger partial charge in [-0.2, -0.15) is 0 Å². The van der Waals surface area contributed by atoms with E-state index in [0.29, 0.717) is 0 Å². The van der Waals surface area contributed by atoms with Crippen LogP contribution in [-0.4, -0.2) is 23.5 Å². The molecule has 2 unspecified atom stereocenters. The summed E-state index contributed by atoms with van der Waals surface area (Å²) < 4.78 is 0. The molecule has 2 rings (SSSR count). The van der Waals surface area contributed by atoms with Gasteiger partial charge in [0.1, 0.15) is 0 Å². The van der Waals surface area contributed by atoms with Crippen LogP contribution < -0.4 is 0 Å². The molecule has 12 heavy (non-hydrogen) atoms. The third-order valence-electron chi connectivity index (χ3n) is 3.71. The molecular weight excluding hydrogens is 146 g/mol. The number of nitrogens with zero attached hydrogens (tertiary/aromatic N) is 1. The van der Waals surface area contributed by atoms with Gasteiger partial charge in [-0.15, -0.1) is 0 Å². The second kappa shape index (κ2) is 3.37. The van der Waals surface area contributed by atoms with E-state index in [9.17, 15) is 0 Å². The van der Waals surface area contributed by atoms with E-state index in [0.717, 1.165) is 18.0 Å². The summed E-state index contributed by atoms with van der Waals surface area (Å²) in [7, 11) is 0. The number of piperidine rings is 1. The van der Waals surface area contributed by atoms with Crippen molar-refractivity contribution in [3.05, 3.63) is 0 Å². The van der Waals surface area contributed by atoms with Crippen LogP contribution in [0.25, 0.3) is 0 Å². The maximum absolute atomic E-state index is 2.76. The number of hydrogen-bond acceptors (Lipinski definition) is 1. The van der Waals surface area contributed by atoms with Crippen molar-refractivity contribution >= 4 is 0 Å². The van der Waals surface area contributed by atoms with Crippen molar-refractivity contribution in [2.45, 2.75) is 58.0 Å². The molecule has 0 aromatic rings. The fourth-order valence-electron chi connectivity index (χ4n) is 2.55. The van der Waals surface area contributed by atoms with Crippen LogP contribution >= 0.6 is 0 Å². The molecule has 1 heteroatoms. The quantitative estimate of drug-likeness (QED) is 0.580. The summed E-state index contributed by atoms with van der Waals surface area (Å²) in [6, 6.07) is 1.83. The first-order valence-electron chi connectivity index (χ1n) is 5.53. The van der Waals surface area contributed by atoms with Crippen LogP contribution in [0, 0.1) is 5.92 Å². The summed E-state index contributed by atoms with van der Waals surface area (Å²) in [5.74, 6) is 0.946. The molecule has 0 bridgehead atoms. The van der Waals surface area contributed by atoms with E-state index in [2.05, 4.69) is 18.7 Å². The fraction of sp³-hybridized carbons (Fsp3) is 1.00. The van der Waals surface area contributed by atoms with Gasteiger partial charge in [-0.25, -0.2) is 0 Å². The predicted octanol–water partition coefficient (Wildman–Crippen LogP) is 2.66. The average Bonchev–Trinajstić information content (AvgIpc) is 1.93. The third-order valence-corrected chi connectivity index (χ3v) is 3.71. The molecule has 1 heterocycles. The molecule has 0 spiro atoms. The lowest BCUT2D eigenvalue weighted by molar-refractivity contribution is 0.0389. The Kier molecular flexibility index (Phi) is 2.40. The van der Waals surface area contributed by atoms with Crippen molar-refractivity contribution in [2.75, 3.05) is 6.54 Å². The van der Waals surface area contributed by atoms with Gasteiger partial charge in [-0.05, 0) is 38.5 Å². The standard InChI is InChI=1S/C11H21N/c1-9-6-7-10(2)12(8-9)11-4-3-5-11/h9-11H,3-8H2,1-2H3. The molecule has 0 aromatic carbocycles. The van der Waals surface area contributed by atoms with Crippen LogP contribution in [0.5, 0.6) is 0 Å². The minimum atomic E-state index is 0.867. The summed E-state index contributed by atoms with van der Waals surface area (Å²) in [4.78, 5) is 2.76. The highest BCUT2D eigenvalue weighted by molar-refractivity contribution is 4.87. The molecule has 2 fully saturated rings. The van der Waals surface area contributed by atoms with Gasteiger partial charge in [-0.3, -0.25) is 4.90 Å². The van der Waals surface area contributed by atoms with Crippen LogP contribution in [0.2, 0.25) is 0 Å². The second-order valence-electron chi connectivity index (χ2n) is 4.81. The van der Waals surface area contributed by atoms with E-state index in [1.54, 1.807) is 0 Å². The first-order chi connectivity index (χ1) is 5.77. The topological polar surface area (TPSA) is 3.24 Å². The number of hydrogen-bond donors (Lipinski definition) is 0. The summed E-state index contributed by atoms with van der Waals surface area (Å²) in [6.45, 7) is 6.17. The van der Waals surface area contributed by atoms with Crippen LogP contribution in [0.3, 0.4) is 0 Å². The zero-order chi connectivity index (χ0) is 8.55. The van der Waals surface area contributed by atoms with E-state index in [-0.39, 0.29) is 0 Å².